The molecule has 2 aromatic rings. The van der Waals surface area contributed by atoms with E-state index in [0.717, 1.165) is 21.2 Å². The number of carboxylic acids is 1. The van der Waals surface area contributed by atoms with Gasteiger partial charge < -0.3 is 5.11 Å². The molecule has 18 heavy (non-hydrogen) atoms. The van der Waals surface area contributed by atoms with Gasteiger partial charge in [0.25, 0.3) is 0 Å². The first-order chi connectivity index (χ1) is 8.59. The second kappa shape index (κ2) is 5.36. The van der Waals surface area contributed by atoms with E-state index in [9.17, 15) is 9.90 Å². The summed E-state index contributed by atoms with van der Waals surface area (Å²) in [4.78, 5) is 11.4. The van der Waals surface area contributed by atoms with Crippen LogP contribution < -0.4 is 0 Å². The fraction of sp³-hybridized carbons (Fsp3) is 0.133. The van der Waals surface area contributed by atoms with Gasteiger partial charge in [0, 0.05) is 4.47 Å². The molecule has 3 heteroatoms. The van der Waals surface area contributed by atoms with Gasteiger partial charge in [-0.25, -0.2) is 4.79 Å². The summed E-state index contributed by atoms with van der Waals surface area (Å²) in [6, 6.07) is 13.6. The average molecular weight is 305 g/mol. The summed E-state index contributed by atoms with van der Waals surface area (Å²) in [5.41, 5.74) is 3.12. The molecule has 0 amide bonds. The normalized spacial score (nSPS) is 10.3. The summed E-state index contributed by atoms with van der Waals surface area (Å²) in [5.74, 6) is -0.875. The van der Waals surface area contributed by atoms with Crippen LogP contribution in [-0.2, 0) is 6.42 Å². The van der Waals surface area contributed by atoms with Gasteiger partial charge in [0.15, 0.2) is 0 Å². The van der Waals surface area contributed by atoms with Crippen molar-refractivity contribution in [2.45, 2.75) is 13.3 Å². The first-order valence-electron chi connectivity index (χ1n) is 5.65. The van der Waals surface area contributed by atoms with Crippen molar-refractivity contribution >= 4 is 21.9 Å². The molecule has 2 nitrogen and oxygen atoms in total. The smallest absolute Gasteiger partial charge is 0.336 e. The highest BCUT2D eigenvalue weighted by Crippen LogP contribution is 2.26. The maximum absolute atomic E-state index is 11.4. The lowest BCUT2D eigenvalue weighted by Crippen LogP contribution is -2.06. The summed E-state index contributed by atoms with van der Waals surface area (Å²) < 4.78 is 0.842. The van der Waals surface area contributed by atoms with Crippen LogP contribution in [0.3, 0.4) is 0 Å². The van der Waals surface area contributed by atoms with E-state index >= 15 is 0 Å². The third-order valence-electron chi connectivity index (χ3n) is 2.90. The number of aryl methyl sites for hydroxylation is 1. The molecule has 0 atom stereocenters. The van der Waals surface area contributed by atoms with Crippen molar-refractivity contribution in [2.75, 3.05) is 0 Å². The molecule has 0 radical (unpaired) electrons. The maximum Gasteiger partial charge on any atom is 0.336 e. The highest BCUT2D eigenvalue weighted by atomic mass is 79.9. The van der Waals surface area contributed by atoms with Gasteiger partial charge in [-0.3, -0.25) is 0 Å². The second-order valence-corrected chi connectivity index (χ2v) is 5.04. The zero-order valence-electron chi connectivity index (χ0n) is 9.98. The molecule has 0 heterocycles. The van der Waals surface area contributed by atoms with Crippen LogP contribution in [0.4, 0.5) is 0 Å². The van der Waals surface area contributed by atoms with Crippen LogP contribution in [-0.4, -0.2) is 11.1 Å². The fourth-order valence-electron chi connectivity index (χ4n) is 2.01. The van der Waals surface area contributed by atoms with Crippen LogP contribution in [0.2, 0.25) is 0 Å². The molecule has 0 bridgehead atoms. The molecule has 0 aliphatic heterocycles. The zero-order chi connectivity index (χ0) is 13.1. The minimum Gasteiger partial charge on any atom is -0.478 e. The van der Waals surface area contributed by atoms with Crippen molar-refractivity contribution < 1.29 is 9.90 Å². The monoisotopic (exact) mass is 304 g/mol. The molecule has 0 aromatic heterocycles. The lowest BCUT2D eigenvalue weighted by molar-refractivity contribution is 0.0695. The fourth-order valence-corrected chi connectivity index (χ4v) is 2.48. The minimum absolute atomic E-state index is 0.397. The highest BCUT2D eigenvalue weighted by molar-refractivity contribution is 9.10. The van der Waals surface area contributed by atoms with Crippen LogP contribution in [0.25, 0.3) is 0 Å². The first kappa shape index (κ1) is 12.8. The van der Waals surface area contributed by atoms with E-state index in [4.69, 9.17) is 0 Å². The third kappa shape index (κ3) is 2.62. The van der Waals surface area contributed by atoms with Crippen molar-refractivity contribution in [3.05, 3.63) is 69.2 Å². The summed E-state index contributed by atoms with van der Waals surface area (Å²) in [6.45, 7) is 1.82. The maximum atomic E-state index is 11.4. The van der Waals surface area contributed by atoms with Gasteiger partial charge in [0.05, 0.1) is 5.56 Å². The second-order valence-electron chi connectivity index (χ2n) is 4.19. The van der Waals surface area contributed by atoms with Crippen LogP contribution in [0.1, 0.15) is 27.0 Å². The predicted molar refractivity (Wildman–Crippen MR) is 75.1 cm³/mol. The van der Waals surface area contributed by atoms with Gasteiger partial charge in [0.1, 0.15) is 0 Å². The van der Waals surface area contributed by atoms with E-state index in [1.165, 1.54) is 0 Å². The van der Waals surface area contributed by atoms with Gasteiger partial charge in [-0.2, -0.15) is 0 Å². The molecule has 1 N–H and O–H groups in total. The number of rotatable bonds is 3. The Balaban J connectivity index is 2.50. The largest absolute Gasteiger partial charge is 0.478 e. The van der Waals surface area contributed by atoms with Crippen LogP contribution in [0.5, 0.6) is 0 Å². The topological polar surface area (TPSA) is 37.3 Å². The molecule has 2 rings (SSSR count). The number of benzene rings is 2. The van der Waals surface area contributed by atoms with Crippen molar-refractivity contribution in [3.63, 3.8) is 0 Å². The quantitative estimate of drug-likeness (QED) is 0.929. The Labute approximate surface area is 114 Å². The summed E-state index contributed by atoms with van der Waals surface area (Å²) in [6.07, 6.45) is 0.616. The van der Waals surface area contributed by atoms with E-state index in [2.05, 4.69) is 15.9 Å². The lowest BCUT2D eigenvalue weighted by atomic mass is 9.96. The first-order valence-corrected chi connectivity index (χ1v) is 6.44. The van der Waals surface area contributed by atoms with Gasteiger partial charge in [-0.05, 0) is 36.1 Å². The molecule has 0 aliphatic rings. The van der Waals surface area contributed by atoms with Gasteiger partial charge in [-0.15, -0.1) is 0 Å². The van der Waals surface area contributed by atoms with Crippen LogP contribution in [0, 0.1) is 6.92 Å². The molecule has 2 aromatic carbocycles. The molecule has 0 aliphatic carbocycles. The molecular weight excluding hydrogens is 292 g/mol. The Hall–Kier alpha value is -1.61. The standard InChI is InChI=1S/C15H13BrO2/c1-10-7-8-13(16)12(14(10)15(17)18)9-11-5-3-2-4-6-11/h2-8H,9H2,1H3,(H,17,18). The summed E-state index contributed by atoms with van der Waals surface area (Å²) in [5, 5.41) is 9.33. The van der Waals surface area contributed by atoms with Crippen LogP contribution >= 0.6 is 15.9 Å². The Morgan fingerprint density at radius 2 is 1.83 bits per heavy atom. The van der Waals surface area contributed by atoms with E-state index in [0.29, 0.717) is 12.0 Å². The SMILES string of the molecule is Cc1ccc(Br)c(Cc2ccccc2)c1C(=O)O. The van der Waals surface area contributed by atoms with E-state index in [-0.39, 0.29) is 0 Å². The van der Waals surface area contributed by atoms with Gasteiger partial charge >= 0.3 is 5.97 Å². The molecule has 0 saturated carbocycles. The summed E-state index contributed by atoms with van der Waals surface area (Å²) >= 11 is 3.44. The third-order valence-corrected chi connectivity index (χ3v) is 3.64. The Morgan fingerprint density at radius 3 is 2.44 bits per heavy atom. The number of hydrogen-bond acceptors (Lipinski definition) is 1. The molecule has 0 unspecified atom stereocenters. The van der Waals surface area contributed by atoms with E-state index < -0.39 is 5.97 Å². The lowest BCUT2D eigenvalue weighted by Gasteiger charge is -2.11. The van der Waals surface area contributed by atoms with Crippen molar-refractivity contribution in [1.82, 2.24) is 0 Å². The van der Waals surface area contributed by atoms with Crippen molar-refractivity contribution in [1.29, 1.82) is 0 Å². The Morgan fingerprint density at radius 1 is 1.17 bits per heavy atom. The van der Waals surface area contributed by atoms with Crippen molar-refractivity contribution in [3.8, 4) is 0 Å². The molecule has 0 fully saturated rings. The van der Waals surface area contributed by atoms with Gasteiger partial charge in [-0.1, -0.05) is 52.3 Å². The van der Waals surface area contributed by atoms with Gasteiger partial charge in [0.2, 0.25) is 0 Å². The zero-order valence-corrected chi connectivity index (χ0v) is 11.6. The van der Waals surface area contributed by atoms with Crippen LogP contribution in [0.15, 0.2) is 46.9 Å². The van der Waals surface area contributed by atoms with E-state index in [1.54, 1.807) is 0 Å². The molecule has 0 saturated heterocycles. The van der Waals surface area contributed by atoms with E-state index in [1.807, 2.05) is 49.4 Å². The highest BCUT2D eigenvalue weighted by Gasteiger charge is 2.16. The number of carbonyl (C=O) groups is 1. The Bertz CT molecular complexity index is 577. The Kier molecular flexibility index (Phi) is 3.82. The molecular formula is C15H13BrO2. The average Bonchev–Trinajstić information content (AvgIpc) is 2.35. The minimum atomic E-state index is -0.875. The predicted octanol–water partition coefficient (Wildman–Crippen LogP) is 4.05. The molecule has 0 spiro atoms. The number of halogens is 1. The number of hydrogen-bond donors (Lipinski definition) is 1. The number of carboxylic acid groups (broad SMARTS) is 1. The summed E-state index contributed by atoms with van der Waals surface area (Å²) in [7, 11) is 0. The van der Waals surface area contributed by atoms with Crippen molar-refractivity contribution in [2.24, 2.45) is 0 Å². The molecule has 92 valence electrons. The number of aromatic carboxylic acids is 1.